The van der Waals surface area contributed by atoms with Gasteiger partial charge in [0.15, 0.2) is 0 Å². The predicted octanol–water partition coefficient (Wildman–Crippen LogP) is 2.30. The number of hydrogen-bond donors (Lipinski definition) is 1. The Balaban J connectivity index is 2.25. The van der Waals surface area contributed by atoms with Crippen LogP contribution >= 0.6 is 0 Å². The molecule has 1 saturated carbocycles. The lowest BCUT2D eigenvalue weighted by Crippen LogP contribution is -2.35. The van der Waals surface area contributed by atoms with Gasteiger partial charge < -0.3 is 5.11 Å². The third-order valence-electron chi connectivity index (χ3n) is 3.06. The summed E-state index contributed by atoms with van der Waals surface area (Å²) in [4.78, 5) is 13.5. The van der Waals surface area contributed by atoms with Crippen molar-refractivity contribution in [2.24, 2.45) is 0 Å². The number of carboxylic acids is 1. The second kappa shape index (κ2) is 4.66. The highest BCUT2D eigenvalue weighted by Gasteiger charge is 2.36. The summed E-state index contributed by atoms with van der Waals surface area (Å²) in [5.41, 5.74) is 0.878. The normalized spacial score (nSPS) is 17.4. The summed E-state index contributed by atoms with van der Waals surface area (Å²) < 4.78 is 0. The molecule has 0 saturated heterocycles. The lowest BCUT2D eigenvalue weighted by Gasteiger charge is -2.27. The molecule has 0 bridgehead atoms. The minimum absolute atomic E-state index is 0.464. The SMILES string of the molecule is CCN(C1CC1)[C@@H](C(=O)O)c1ccccc1. The second-order valence-electron chi connectivity index (χ2n) is 4.21. The van der Waals surface area contributed by atoms with Crippen molar-refractivity contribution in [3.63, 3.8) is 0 Å². The van der Waals surface area contributed by atoms with Crippen LogP contribution in [0.5, 0.6) is 0 Å². The van der Waals surface area contributed by atoms with Gasteiger partial charge in [-0.1, -0.05) is 37.3 Å². The van der Waals surface area contributed by atoms with E-state index in [4.69, 9.17) is 0 Å². The first-order chi connectivity index (χ1) is 7.74. The molecule has 3 nitrogen and oxygen atoms in total. The van der Waals surface area contributed by atoms with Gasteiger partial charge >= 0.3 is 5.97 Å². The highest BCUT2D eigenvalue weighted by molar-refractivity contribution is 5.75. The van der Waals surface area contributed by atoms with Gasteiger partial charge in [-0.2, -0.15) is 0 Å². The number of aliphatic carboxylic acids is 1. The quantitative estimate of drug-likeness (QED) is 0.826. The van der Waals surface area contributed by atoms with E-state index in [1.807, 2.05) is 37.3 Å². The molecule has 2 rings (SSSR count). The summed E-state index contributed by atoms with van der Waals surface area (Å²) in [6, 6.07) is 9.46. The number of likely N-dealkylation sites (N-methyl/N-ethyl adjacent to an activating group) is 1. The number of benzene rings is 1. The smallest absolute Gasteiger partial charge is 0.325 e. The highest BCUT2D eigenvalue weighted by atomic mass is 16.4. The number of carboxylic acid groups (broad SMARTS) is 1. The van der Waals surface area contributed by atoms with Crippen molar-refractivity contribution in [3.8, 4) is 0 Å². The van der Waals surface area contributed by atoms with Gasteiger partial charge in [0.25, 0.3) is 0 Å². The second-order valence-corrected chi connectivity index (χ2v) is 4.21. The summed E-state index contributed by atoms with van der Waals surface area (Å²) in [7, 11) is 0. The third kappa shape index (κ3) is 2.25. The van der Waals surface area contributed by atoms with Crippen LogP contribution in [0.25, 0.3) is 0 Å². The average Bonchev–Trinajstić information content (AvgIpc) is 3.10. The molecule has 0 radical (unpaired) electrons. The Morgan fingerprint density at radius 1 is 1.44 bits per heavy atom. The van der Waals surface area contributed by atoms with Crippen molar-refractivity contribution in [2.45, 2.75) is 31.8 Å². The van der Waals surface area contributed by atoms with Gasteiger partial charge in [0.1, 0.15) is 6.04 Å². The number of carbonyl (C=O) groups is 1. The van der Waals surface area contributed by atoms with E-state index in [1.165, 1.54) is 0 Å². The zero-order chi connectivity index (χ0) is 11.5. The minimum atomic E-state index is -0.750. The molecule has 0 amide bonds. The summed E-state index contributed by atoms with van der Waals surface area (Å²) in [5.74, 6) is -0.750. The lowest BCUT2D eigenvalue weighted by molar-refractivity contribution is -0.143. The topological polar surface area (TPSA) is 40.5 Å². The van der Waals surface area contributed by atoms with Crippen molar-refractivity contribution in [3.05, 3.63) is 35.9 Å². The molecule has 1 aliphatic carbocycles. The van der Waals surface area contributed by atoms with Crippen molar-refractivity contribution in [1.29, 1.82) is 0 Å². The fraction of sp³-hybridized carbons (Fsp3) is 0.462. The summed E-state index contributed by atoms with van der Waals surface area (Å²) in [5, 5.41) is 9.36. The molecule has 1 aromatic carbocycles. The van der Waals surface area contributed by atoms with Gasteiger partial charge in [-0.05, 0) is 24.9 Å². The molecular formula is C13H17NO2. The molecule has 1 aromatic rings. The van der Waals surface area contributed by atoms with Crippen molar-refractivity contribution < 1.29 is 9.90 Å². The van der Waals surface area contributed by atoms with E-state index >= 15 is 0 Å². The molecule has 0 heterocycles. The maximum atomic E-state index is 11.4. The molecule has 86 valence electrons. The van der Waals surface area contributed by atoms with E-state index in [9.17, 15) is 9.90 Å². The van der Waals surface area contributed by atoms with E-state index in [0.717, 1.165) is 24.9 Å². The maximum absolute atomic E-state index is 11.4. The monoisotopic (exact) mass is 219 g/mol. The van der Waals surface area contributed by atoms with Gasteiger partial charge in [0.05, 0.1) is 0 Å². The molecule has 1 fully saturated rings. The molecular weight excluding hydrogens is 202 g/mol. The summed E-state index contributed by atoms with van der Waals surface area (Å²) >= 11 is 0. The summed E-state index contributed by atoms with van der Waals surface area (Å²) in [6.45, 7) is 2.81. The fourth-order valence-corrected chi connectivity index (χ4v) is 2.17. The van der Waals surface area contributed by atoms with Crippen molar-refractivity contribution >= 4 is 5.97 Å². The van der Waals surface area contributed by atoms with Crippen LogP contribution in [0.4, 0.5) is 0 Å². The average molecular weight is 219 g/mol. The Bertz CT molecular complexity index is 359. The van der Waals surface area contributed by atoms with Crippen LogP contribution in [0, 0.1) is 0 Å². The molecule has 0 spiro atoms. The number of rotatable bonds is 5. The van der Waals surface area contributed by atoms with E-state index in [1.54, 1.807) is 0 Å². The van der Waals surface area contributed by atoms with Gasteiger partial charge in [-0.3, -0.25) is 9.69 Å². The molecule has 0 aliphatic heterocycles. The van der Waals surface area contributed by atoms with Crippen molar-refractivity contribution in [2.75, 3.05) is 6.54 Å². The van der Waals surface area contributed by atoms with Crippen LogP contribution in [-0.2, 0) is 4.79 Å². The van der Waals surface area contributed by atoms with Crippen LogP contribution < -0.4 is 0 Å². The van der Waals surface area contributed by atoms with Gasteiger partial charge in [-0.15, -0.1) is 0 Å². The van der Waals surface area contributed by atoms with Gasteiger partial charge in [-0.25, -0.2) is 0 Å². The summed E-state index contributed by atoms with van der Waals surface area (Å²) in [6.07, 6.45) is 2.26. The Morgan fingerprint density at radius 3 is 2.50 bits per heavy atom. The highest BCUT2D eigenvalue weighted by Crippen LogP contribution is 2.34. The molecule has 16 heavy (non-hydrogen) atoms. The fourth-order valence-electron chi connectivity index (χ4n) is 2.17. The maximum Gasteiger partial charge on any atom is 0.325 e. The first-order valence-electron chi connectivity index (χ1n) is 5.77. The molecule has 1 N–H and O–H groups in total. The standard InChI is InChI=1S/C13H17NO2/c1-2-14(11-8-9-11)12(13(15)16)10-6-4-3-5-7-10/h3-7,11-12H,2,8-9H2,1H3,(H,15,16)/t12-/m1/s1. The van der Waals surface area contributed by atoms with Crippen LogP contribution in [-0.4, -0.2) is 28.6 Å². The third-order valence-corrected chi connectivity index (χ3v) is 3.06. The van der Waals surface area contributed by atoms with Gasteiger partial charge in [0, 0.05) is 6.04 Å². The van der Waals surface area contributed by atoms with Crippen LogP contribution in [0.2, 0.25) is 0 Å². The first kappa shape index (κ1) is 11.1. The molecule has 1 aliphatic rings. The van der Waals surface area contributed by atoms with Crippen LogP contribution in [0.15, 0.2) is 30.3 Å². The van der Waals surface area contributed by atoms with Crippen LogP contribution in [0.1, 0.15) is 31.4 Å². The zero-order valence-electron chi connectivity index (χ0n) is 9.47. The van der Waals surface area contributed by atoms with Crippen molar-refractivity contribution in [1.82, 2.24) is 4.90 Å². The van der Waals surface area contributed by atoms with E-state index < -0.39 is 12.0 Å². The molecule has 1 atom stereocenters. The Hall–Kier alpha value is -1.35. The molecule has 3 heteroatoms. The van der Waals surface area contributed by atoms with E-state index in [-0.39, 0.29) is 0 Å². The number of nitrogens with zero attached hydrogens (tertiary/aromatic N) is 1. The Kier molecular flexibility index (Phi) is 3.25. The predicted molar refractivity (Wildman–Crippen MR) is 62.2 cm³/mol. The Morgan fingerprint density at radius 2 is 2.06 bits per heavy atom. The van der Waals surface area contributed by atoms with E-state index in [0.29, 0.717) is 6.04 Å². The molecule has 0 unspecified atom stereocenters. The minimum Gasteiger partial charge on any atom is -0.480 e. The number of hydrogen-bond acceptors (Lipinski definition) is 2. The lowest BCUT2D eigenvalue weighted by atomic mass is 10.1. The van der Waals surface area contributed by atoms with E-state index in [2.05, 4.69) is 4.90 Å². The molecule has 0 aromatic heterocycles. The zero-order valence-corrected chi connectivity index (χ0v) is 9.47. The van der Waals surface area contributed by atoms with Crippen LogP contribution in [0.3, 0.4) is 0 Å². The largest absolute Gasteiger partial charge is 0.480 e. The van der Waals surface area contributed by atoms with Gasteiger partial charge in [0.2, 0.25) is 0 Å². The Labute approximate surface area is 95.7 Å². The first-order valence-corrected chi connectivity index (χ1v) is 5.77.